The summed E-state index contributed by atoms with van der Waals surface area (Å²) in [5, 5.41) is 17.2. The highest BCUT2D eigenvalue weighted by Crippen LogP contribution is 2.44. The van der Waals surface area contributed by atoms with Gasteiger partial charge in [-0.05, 0) is 23.3 Å². The molecule has 0 unspecified atom stereocenters. The number of alkyl halides is 6. The summed E-state index contributed by atoms with van der Waals surface area (Å²) in [6.45, 7) is 0. The summed E-state index contributed by atoms with van der Waals surface area (Å²) in [5.74, 6) is 0. The van der Waals surface area contributed by atoms with E-state index in [4.69, 9.17) is 10.8 Å². The molecular weight excluding hydrogens is 338 g/mol. The Bertz CT molecular complexity index is 797. The molecule has 0 atom stereocenters. The van der Waals surface area contributed by atoms with Gasteiger partial charge in [0.15, 0.2) is 9.95 Å². The molecule has 2 aromatic carbocycles. The zero-order valence-electron chi connectivity index (χ0n) is 11.5. The van der Waals surface area contributed by atoms with Crippen LogP contribution in [0.2, 0.25) is 0 Å². The number of hydrogen-bond donors (Lipinski definition) is 0. The number of diazo groups is 2. The molecule has 0 amide bonds. The fraction of sp³-hybridized carbons (Fsp3) is 0.143. The van der Waals surface area contributed by atoms with Crippen LogP contribution in [0.3, 0.4) is 0 Å². The Hall–Kier alpha value is -3.14. The smallest absolute Gasteiger partial charge is 0.166 e. The lowest BCUT2D eigenvalue weighted by molar-refractivity contribution is -0.139. The SMILES string of the molecule is N#[N+]c1ccc(-c2ccc([N+]#N)cc2C(F)(F)F)c(C(F)(F)F)c1. The number of hydrogen-bond acceptors (Lipinski definition) is 2. The zero-order chi connectivity index (χ0) is 18.1. The van der Waals surface area contributed by atoms with E-state index in [0.717, 1.165) is 24.3 Å². The average Bonchev–Trinajstić information content (AvgIpc) is 2.52. The minimum Gasteiger partial charge on any atom is -0.166 e. The van der Waals surface area contributed by atoms with Gasteiger partial charge in [-0.15, -0.1) is 0 Å². The van der Waals surface area contributed by atoms with E-state index in [2.05, 4.69) is 9.95 Å². The Labute approximate surface area is 130 Å². The topological polar surface area (TPSA) is 56.3 Å². The summed E-state index contributed by atoms with van der Waals surface area (Å²) >= 11 is 0. The Kier molecular flexibility index (Phi) is 4.17. The monoisotopic (exact) mass is 344 g/mol. The Morgan fingerprint density at radius 3 is 1.21 bits per heavy atom. The average molecular weight is 344 g/mol. The molecule has 0 aromatic heterocycles. The predicted molar refractivity (Wildman–Crippen MR) is 71.4 cm³/mol. The highest BCUT2D eigenvalue weighted by molar-refractivity contribution is 5.76. The fourth-order valence-corrected chi connectivity index (χ4v) is 2.13. The molecule has 0 aliphatic carbocycles. The van der Waals surface area contributed by atoms with Crippen molar-refractivity contribution in [1.82, 2.24) is 0 Å². The lowest BCUT2D eigenvalue weighted by Crippen LogP contribution is -2.11. The van der Waals surface area contributed by atoms with Crippen LogP contribution in [-0.2, 0) is 12.4 Å². The van der Waals surface area contributed by atoms with Gasteiger partial charge in [-0.2, -0.15) is 26.3 Å². The molecule has 0 fully saturated rings. The minimum absolute atomic E-state index is 0.430. The second-order valence-corrected chi connectivity index (χ2v) is 4.66. The maximum absolute atomic E-state index is 13.2. The third kappa shape index (κ3) is 3.27. The molecule has 0 bridgehead atoms. The lowest BCUT2D eigenvalue weighted by Gasteiger charge is -2.16. The maximum atomic E-state index is 13.2. The van der Waals surface area contributed by atoms with Crippen molar-refractivity contribution in [3.05, 3.63) is 57.5 Å². The van der Waals surface area contributed by atoms with Crippen LogP contribution in [-0.4, -0.2) is 0 Å². The van der Waals surface area contributed by atoms with Crippen LogP contribution in [0.25, 0.3) is 21.1 Å². The number of halogens is 6. The van der Waals surface area contributed by atoms with Crippen molar-refractivity contribution >= 4 is 11.4 Å². The molecule has 10 heteroatoms. The van der Waals surface area contributed by atoms with Crippen LogP contribution in [0.4, 0.5) is 37.7 Å². The van der Waals surface area contributed by atoms with Crippen LogP contribution in [0.1, 0.15) is 11.1 Å². The van der Waals surface area contributed by atoms with Gasteiger partial charge in [0.1, 0.15) is 0 Å². The molecule has 0 aliphatic rings. The van der Waals surface area contributed by atoms with Crippen molar-refractivity contribution in [3.63, 3.8) is 0 Å². The van der Waals surface area contributed by atoms with Crippen LogP contribution in [0, 0.1) is 10.8 Å². The predicted octanol–water partition coefficient (Wildman–Crippen LogP) is 6.36. The summed E-state index contributed by atoms with van der Waals surface area (Å²) < 4.78 is 79.0. The molecule has 24 heavy (non-hydrogen) atoms. The summed E-state index contributed by atoms with van der Waals surface area (Å²) in [7, 11) is 0. The quantitative estimate of drug-likeness (QED) is 0.446. The third-order valence-electron chi connectivity index (χ3n) is 3.14. The molecule has 0 aliphatic heterocycles. The van der Waals surface area contributed by atoms with Gasteiger partial charge in [0.25, 0.3) is 0 Å². The summed E-state index contributed by atoms with van der Waals surface area (Å²) in [5.41, 5.74) is -5.18. The maximum Gasteiger partial charge on any atom is 0.417 e. The van der Waals surface area contributed by atoms with E-state index in [9.17, 15) is 26.3 Å². The Morgan fingerprint density at radius 1 is 0.625 bits per heavy atom. The Balaban J connectivity index is 2.83. The first-order chi connectivity index (χ1) is 11.1. The Morgan fingerprint density at radius 2 is 0.958 bits per heavy atom. The van der Waals surface area contributed by atoms with E-state index in [1.54, 1.807) is 0 Å². The van der Waals surface area contributed by atoms with Gasteiger partial charge in [0, 0.05) is 24.3 Å². The van der Waals surface area contributed by atoms with E-state index < -0.39 is 46.0 Å². The molecular formula is C14H6F6N4+2. The van der Waals surface area contributed by atoms with E-state index >= 15 is 0 Å². The molecule has 4 nitrogen and oxygen atoms in total. The van der Waals surface area contributed by atoms with Gasteiger partial charge < -0.3 is 0 Å². The van der Waals surface area contributed by atoms with Crippen molar-refractivity contribution in [2.24, 2.45) is 0 Å². The summed E-state index contributed by atoms with van der Waals surface area (Å²) in [6.07, 6.45) is -9.95. The molecule has 0 radical (unpaired) electrons. The van der Waals surface area contributed by atoms with Crippen molar-refractivity contribution in [2.75, 3.05) is 0 Å². The largest absolute Gasteiger partial charge is 0.417 e. The number of benzene rings is 2. The molecule has 2 aromatic rings. The minimum atomic E-state index is -4.97. The second-order valence-electron chi connectivity index (χ2n) is 4.66. The van der Waals surface area contributed by atoms with Gasteiger partial charge in [-0.25, -0.2) is 0 Å². The van der Waals surface area contributed by atoms with Crippen molar-refractivity contribution < 1.29 is 26.3 Å². The van der Waals surface area contributed by atoms with Gasteiger partial charge in [0.05, 0.1) is 11.1 Å². The molecule has 0 saturated carbocycles. The van der Waals surface area contributed by atoms with Gasteiger partial charge >= 0.3 is 23.7 Å². The highest BCUT2D eigenvalue weighted by atomic mass is 19.4. The van der Waals surface area contributed by atoms with Gasteiger partial charge in [0.2, 0.25) is 10.8 Å². The molecule has 0 heterocycles. The summed E-state index contributed by atoms with van der Waals surface area (Å²) in [4.78, 5) is 5.22. The van der Waals surface area contributed by atoms with Crippen molar-refractivity contribution in [2.45, 2.75) is 12.4 Å². The standard InChI is InChI=1S/C14H6F6N4/c15-13(16,17)11-5-7(23-21)1-3-9(11)10-4-2-8(24-22)6-12(10)14(18,19)20/h1-6H/q+2. The van der Waals surface area contributed by atoms with E-state index in [-0.39, 0.29) is 0 Å². The lowest BCUT2D eigenvalue weighted by atomic mass is 9.94. The highest BCUT2D eigenvalue weighted by Gasteiger charge is 2.40. The molecule has 0 N–H and O–H groups in total. The first-order valence-corrected chi connectivity index (χ1v) is 6.21. The van der Waals surface area contributed by atoms with Gasteiger partial charge in [-0.3, -0.25) is 0 Å². The van der Waals surface area contributed by atoms with Gasteiger partial charge in [-0.1, -0.05) is 0 Å². The molecule has 122 valence electrons. The van der Waals surface area contributed by atoms with Crippen molar-refractivity contribution in [3.8, 4) is 11.1 Å². The van der Waals surface area contributed by atoms with E-state index in [1.807, 2.05) is 0 Å². The van der Waals surface area contributed by atoms with Crippen LogP contribution in [0.5, 0.6) is 0 Å². The van der Waals surface area contributed by atoms with E-state index in [0.29, 0.717) is 12.1 Å². The first-order valence-electron chi connectivity index (χ1n) is 6.21. The van der Waals surface area contributed by atoms with Crippen molar-refractivity contribution in [1.29, 1.82) is 10.8 Å². The summed E-state index contributed by atoms with van der Waals surface area (Å²) in [6, 6.07) is 4.29. The molecule has 0 spiro atoms. The molecule has 0 saturated heterocycles. The number of rotatable bonds is 1. The zero-order valence-corrected chi connectivity index (χ0v) is 11.5. The van der Waals surface area contributed by atoms with Crippen LogP contribution >= 0.6 is 0 Å². The normalized spacial score (nSPS) is 11.7. The second kappa shape index (κ2) is 5.81. The fourth-order valence-electron chi connectivity index (χ4n) is 2.13. The number of nitrogens with zero attached hydrogens (tertiary/aromatic N) is 4. The third-order valence-corrected chi connectivity index (χ3v) is 3.14. The van der Waals surface area contributed by atoms with Crippen LogP contribution in [0.15, 0.2) is 36.4 Å². The first kappa shape index (κ1) is 17.2. The van der Waals surface area contributed by atoms with Crippen LogP contribution < -0.4 is 0 Å². The molecule has 2 rings (SSSR count). The van der Waals surface area contributed by atoms with E-state index in [1.165, 1.54) is 0 Å².